The zero-order chi connectivity index (χ0) is 12.1. The predicted molar refractivity (Wildman–Crippen MR) is 66.8 cm³/mol. The highest BCUT2D eigenvalue weighted by atomic mass is 16.2. The first-order valence-corrected chi connectivity index (χ1v) is 6.52. The Kier molecular flexibility index (Phi) is 4.18. The van der Waals surface area contributed by atoms with E-state index in [9.17, 15) is 4.79 Å². The summed E-state index contributed by atoms with van der Waals surface area (Å²) in [6.45, 7) is 3.10. The second-order valence-electron chi connectivity index (χ2n) is 5.12. The van der Waals surface area contributed by atoms with Gasteiger partial charge in [0.2, 0.25) is 0 Å². The van der Waals surface area contributed by atoms with Gasteiger partial charge in [-0.25, -0.2) is 9.78 Å². The number of hydrogen-bond acceptors (Lipinski definition) is 2. The van der Waals surface area contributed by atoms with Gasteiger partial charge in [-0.15, -0.1) is 0 Å². The van der Waals surface area contributed by atoms with E-state index in [2.05, 4.69) is 17.2 Å². The molecule has 4 nitrogen and oxygen atoms in total. The summed E-state index contributed by atoms with van der Waals surface area (Å²) in [5, 5.41) is 2.93. The van der Waals surface area contributed by atoms with Crippen LogP contribution >= 0.6 is 0 Å². The first-order valence-electron chi connectivity index (χ1n) is 6.52. The third-order valence-electron chi connectivity index (χ3n) is 3.70. The molecule has 94 valence electrons. The summed E-state index contributed by atoms with van der Waals surface area (Å²) >= 11 is 0. The van der Waals surface area contributed by atoms with E-state index in [4.69, 9.17) is 0 Å². The van der Waals surface area contributed by atoms with Gasteiger partial charge >= 0.3 is 6.03 Å². The molecule has 1 N–H and O–H groups in total. The number of carbonyl (C=O) groups is 1. The average Bonchev–Trinajstić information content (AvgIpc) is 2.85. The van der Waals surface area contributed by atoms with E-state index in [0.29, 0.717) is 0 Å². The molecule has 1 aromatic heterocycles. The molecule has 1 saturated carbocycles. The summed E-state index contributed by atoms with van der Waals surface area (Å²) in [6, 6.07) is -0.0772. The molecular formula is C13H21N3O. The largest absolute Gasteiger partial charge is 0.337 e. The van der Waals surface area contributed by atoms with Crippen LogP contribution in [0.5, 0.6) is 0 Å². The fraction of sp³-hybridized carbons (Fsp3) is 0.692. The Balaban J connectivity index is 1.64. The van der Waals surface area contributed by atoms with Crippen LogP contribution in [0.4, 0.5) is 4.79 Å². The average molecular weight is 235 g/mol. The smallest absolute Gasteiger partial charge is 0.326 e. The fourth-order valence-corrected chi connectivity index (χ4v) is 2.47. The minimum Gasteiger partial charge on any atom is -0.337 e. The quantitative estimate of drug-likeness (QED) is 0.875. The van der Waals surface area contributed by atoms with Crippen molar-refractivity contribution in [2.75, 3.05) is 6.54 Å². The lowest BCUT2D eigenvalue weighted by Crippen LogP contribution is -2.30. The Morgan fingerprint density at radius 3 is 2.82 bits per heavy atom. The molecule has 1 aliphatic rings. The van der Waals surface area contributed by atoms with Crippen molar-refractivity contribution in [1.82, 2.24) is 14.9 Å². The van der Waals surface area contributed by atoms with Crippen LogP contribution in [0.15, 0.2) is 18.7 Å². The number of amides is 1. The zero-order valence-corrected chi connectivity index (χ0v) is 10.4. The lowest BCUT2D eigenvalue weighted by atomic mass is 9.81. The van der Waals surface area contributed by atoms with Crippen molar-refractivity contribution in [3.05, 3.63) is 18.7 Å². The highest BCUT2D eigenvalue weighted by molar-refractivity contribution is 5.76. The molecule has 4 heteroatoms. The molecule has 0 bridgehead atoms. The molecule has 0 radical (unpaired) electrons. The minimum absolute atomic E-state index is 0.0772. The van der Waals surface area contributed by atoms with E-state index < -0.39 is 0 Å². The highest BCUT2D eigenvalue weighted by Crippen LogP contribution is 2.29. The summed E-state index contributed by atoms with van der Waals surface area (Å²) < 4.78 is 1.48. The summed E-state index contributed by atoms with van der Waals surface area (Å²) in [5.41, 5.74) is 0. The lowest BCUT2D eigenvalue weighted by molar-refractivity contribution is 0.238. The molecule has 17 heavy (non-hydrogen) atoms. The van der Waals surface area contributed by atoms with Crippen LogP contribution in [0.3, 0.4) is 0 Å². The summed E-state index contributed by atoms with van der Waals surface area (Å²) in [7, 11) is 0. The summed E-state index contributed by atoms with van der Waals surface area (Å²) in [4.78, 5) is 15.5. The molecule has 0 saturated heterocycles. The van der Waals surface area contributed by atoms with Gasteiger partial charge in [-0.1, -0.05) is 32.6 Å². The van der Waals surface area contributed by atoms with Crippen molar-refractivity contribution in [3.63, 3.8) is 0 Å². The van der Waals surface area contributed by atoms with Crippen LogP contribution in [-0.2, 0) is 0 Å². The maximum Gasteiger partial charge on any atom is 0.326 e. The van der Waals surface area contributed by atoms with Gasteiger partial charge in [-0.2, -0.15) is 0 Å². The predicted octanol–water partition coefficient (Wildman–Crippen LogP) is 2.66. The molecule has 1 fully saturated rings. The molecule has 1 aliphatic carbocycles. The number of carbonyl (C=O) groups excluding carboxylic acids is 1. The van der Waals surface area contributed by atoms with E-state index in [0.717, 1.165) is 24.8 Å². The molecule has 0 aromatic carbocycles. The van der Waals surface area contributed by atoms with Crippen molar-refractivity contribution < 1.29 is 4.79 Å². The second-order valence-corrected chi connectivity index (χ2v) is 5.12. The summed E-state index contributed by atoms with van der Waals surface area (Å²) in [6.07, 6.45) is 11.2. The van der Waals surface area contributed by atoms with Gasteiger partial charge in [0.1, 0.15) is 6.33 Å². The number of aromatic nitrogens is 2. The van der Waals surface area contributed by atoms with Gasteiger partial charge in [-0.3, -0.25) is 4.57 Å². The lowest BCUT2D eigenvalue weighted by Gasteiger charge is -2.26. The third-order valence-corrected chi connectivity index (χ3v) is 3.70. The monoisotopic (exact) mass is 235 g/mol. The van der Waals surface area contributed by atoms with Gasteiger partial charge in [-0.05, 0) is 18.3 Å². The fourth-order valence-electron chi connectivity index (χ4n) is 2.47. The molecule has 0 aliphatic heterocycles. The number of imidazole rings is 1. The van der Waals surface area contributed by atoms with Crippen LogP contribution in [0.2, 0.25) is 0 Å². The van der Waals surface area contributed by atoms with Gasteiger partial charge in [0.15, 0.2) is 0 Å². The molecule has 0 spiro atoms. The molecule has 1 heterocycles. The number of nitrogens with one attached hydrogen (secondary N) is 1. The first-order chi connectivity index (χ1) is 8.25. The SMILES string of the molecule is CC1CCC(CCNC(=O)n2ccnc2)CC1. The Morgan fingerprint density at radius 2 is 2.18 bits per heavy atom. The second kappa shape index (κ2) is 5.84. The van der Waals surface area contributed by atoms with Gasteiger partial charge in [0.25, 0.3) is 0 Å². The van der Waals surface area contributed by atoms with Crippen molar-refractivity contribution >= 4 is 6.03 Å². The molecule has 0 atom stereocenters. The number of rotatable bonds is 3. The summed E-state index contributed by atoms with van der Waals surface area (Å²) in [5.74, 6) is 1.70. The van der Waals surface area contributed by atoms with E-state index >= 15 is 0 Å². The first kappa shape index (κ1) is 12.1. The molecule has 1 aromatic rings. The van der Waals surface area contributed by atoms with Crippen LogP contribution in [0.25, 0.3) is 0 Å². The van der Waals surface area contributed by atoms with E-state index in [-0.39, 0.29) is 6.03 Å². The van der Waals surface area contributed by atoms with Crippen molar-refractivity contribution in [2.45, 2.75) is 39.0 Å². The molecule has 1 amide bonds. The van der Waals surface area contributed by atoms with Crippen LogP contribution < -0.4 is 5.32 Å². The van der Waals surface area contributed by atoms with Crippen LogP contribution in [0.1, 0.15) is 39.0 Å². The maximum absolute atomic E-state index is 11.6. The number of nitrogens with zero attached hydrogens (tertiary/aromatic N) is 2. The van der Waals surface area contributed by atoms with E-state index in [1.165, 1.54) is 36.6 Å². The molecule has 2 rings (SSSR count). The Labute approximate surface area is 102 Å². The highest BCUT2D eigenvalue weighted by Gasteiger charge is 2.17. The van der Waals surface area contributed by atoms with Gasteiger partial charge < -0.3 is 5.32 Å². The van der Waals surface area contributed by atoms with Gasteiger partial charge in [0, 0.05) is 18.9 Å². The van der Waals surface area contributed by atoms with Gasteiger partial charge in [0.05, 0.1) is 0 Å². The van der Waals surface area contributed by atoms with Crippen LogP contribution in [-0.4, -0.2) is 22.1 Å². The third kappa shape index (κ3) is 3.58. The maximum atomic E-state index is 11.6. The molecule has 0 unspecified atom stereocenters. The topological polar surface area (TPSA) is 46.9 Å². The van der Waals surface area contributed by atoms with Crippen molar-refractivity contribution in [3.8, 4) is 0 Å². The van der Waals surface area contributed by atoms with E-state index in [1.807, 2.05) is 0 Å². The minimum atomic E-state index is -0.0772. The number of hydrogen-bond donors (Lipinski definition) is 1. The van der Waals surface area contributed by atoms with Crippen molar-refractivity contribution in [2.24, 2.45) is 11.8 Å². The standard InChI is InChI=1S/C13H21N3O/c1-11-2-4-12(5-3-11)6-7-15-13(17)16-9-8-14-10-16/h8-12H,2-7H2,1H3,(H,15,17). The zero-order valence-electron chi connectivity index (χ0n) is 10.4. The van der Waals surface area contributed by atoms with Crippen molar-refractivity contribution in [1.29, 1.82) is 0 Å². The Bertz CT molecular complexity index is 340. The normalized spacial score (nSPS) is 24.5. The van der Waals surface area contributed by atoms with Crippen LogP contribution in [0, 0.1) is 11.8 Å². The Hall–Kier alpha value is -1.32. The van der Waals surface area contributed by atoms with E-state index in [1.54, 1.807) is 12.4 Å². The Morgan fingerprint density at radius 1 is 1.41 bits per heavy atom. The molecular weight excluding hydrogens is 214 g/mol.